The molecular weight excluding hydrogens is 306 g/mol. The first-order valence-corrected chi connectivity index (χ1v) is 7.10. The number of halogens is 1. The number of nitrogens with zero attached hydrogens (tertiary/aromatic N) is 1. The summed E-state index contributed by atoms with van der Waals surface area (Å²) in [6.07, 6.45) is 0.131. The first-order chi connectivity index (χ1) is 10.1. The fraction of sp³-hybridized carbons (Fsp3) is 0.467. The molecule has 0 radical (unpaired) electrons. The molecule has 2 rings (SSSR count). The maximum atomic E-state index is 12.1. The first kappa shape index (κ1) is 18.3. The largest absolute Gasteiger partial charge is 0.497 e. The van der Waals surface area contributed by atoms with Gasteiger partial charge in [-0.25, -0.2) is 0 Å². The molecule has 0 saturated carbocycles. The van der Waals surface area contributed by atoms with E-state index in [2.05, 4.69) is 10.6 Å². The number of benzene rings is 1. The number of piperazine rings is 1. The van der Waals surface area contributed by atoms with Gasteiger partial charge in [0, 0.05) is 31.4 Å². The summed E-state index contributed by atoms with van der Waals surface area (Å²) in [5.41, 5.74) is 0.662. The van der Waals surface area contributed by atoms with E-state index in [4.69, 9.17) is 4.74 Å². The summed E-state index contributed by atoms with van der Waals surface area (Å²) < 4.78 is 5.11. The van der Waals surface area contributed by atoms with Crippen molar-refractivity contribution >= 4 is 29.9 Å². The number of nitrogens with one attached hydrogen (secondary N) is 2. The molecule has 1 atom stereocenters. The molecule has 1 aromatic carbocycles. The van der Waals surface area contributed by atoms with Crippen molar-refractivity contribution in [2.75, 3.05) is 32.1 Å². The van der Waals surface area contributed by atoms with Gasteiger partial charge >= 0.3 is 0 Å². The van der Waals surface area contributed by atoms with Crippen LogP contribution >= 0.6 is 12.4 Å². The van der Waals surface area contributed by atoms with Crippen molar-refractivity contribution < 1.29 is 14.3 Å². The Morgan fingerprint density at radius 1 is 1.50 bits per heavy atom. The number of hydrogen-bond acceptors (Lipinski definition) is 4. The number of anilines is 1. The zero-order valence-corrected chi connectivity index (χ0v) is 13.6. The number of methoxy groups -OCH3 is 1. The molecular formula is C15H22ClN3O3. The van der Waals surface area contributed by atoms with E-state index in [1.54, 1.807) is 36.3 Å². The van der Waals surface area contributed by atoms with Crippen LogP contribution in [0.5, 0.6) is 5.75 Å². The zero-order chi connectivity index (χ0) is 15.2. The van der Waals surface area contributed by atoms with Gasteiger partial charge < -0.3 is 20.3 Å². The maximum Gasteiger partial charge on any atom is 0.240 e. The van der Waals surface area contributed by atoms with Crippen molar-refractivity contribution in [1.82, 2.24) is 10.2 Å². The molecule has 0 aliphatic carbocycles. The van der Waals surface area contributed by atoms with Gasteiger partial charge in [0.25, 0.3) is 0 Å². The van der Waals surface area contributed by atoms with Crippen molar-refractivity contribution in [3.05, 3.63) is 24.3 Å². The summed E-state index contributed by atoms with van der Waals surface area (Å²) in [5, 5.41) is 5.88. The summed E-state index contributed by atoms with van der Waals surface area (Å²) in [7, 11) is 1.57. The number of carbonyl (C=O) groups is 2. The Morgan fingerprint density at radius 3 is 2.95 bits per heavy atom. The van der Waals surface area contributed by atoms with Gasteiger partial charge in [-0.2, -0.15) is 0 Å². The van der Waals surface area contributed by atoms with Crippen LogP contribution in [0.4, 0.5) is 5.69 Å². The number of carbonyl (C=O) groups excluding carboxylic acids is 2. The van der Waals surface area contributed by atoms with Gasteiger partial charge in [-0.05, 0) is 19.1 Å². The average molecular weight is 328 g/mol. The van der Waals surface area contributed by atoms with E-state index in [0.717, 1.165) is 6.54 Å². The van der Waals surface area contributed by atoms with E-state index >= 15 is 0 Å². The van der Waals surface area contributed by atoms with Gasteiger partial charge in [0.15, 0.2) is 0 Å². The second-order valence-corrected chi connectivity index (χ2v) is 4.91. The van der Waals surface area contributed by atoms with E-state index in [0.29, 0.717) is 24.5 Å². The molecule has 22 heavy (non-hydrogen) atoms. The third-order valence-electron chi connectivity index (χ3n) is 3.51. The van der Waals surface area contributed by atoms with Crippen LogP contribution in [-0.2, 0) is 9.59 Å². The summed E-state index contributed by atoms with van der Waals surface area (Å²) in [6.45, 7) is 4.03. The molecule has 1 unspecified atom stereocenters. The Morgan fingerprint density at radius 2 is 2.27 bits per heavy atom. The predicted molar refractivity (Wildman–Crippen MR) is 87.5 cm³/mol. The van der Waals surface area contributed by atoms with Crippen molar-refractivity contribution in [2.45, 2.75) is 19.4 Å². The van der Waals surface area contributed by atoms with Crippen LogP contribution in [-0.4, -0.2) is 49.5 Å². The quantitative estimate of drug-likeness (QED) is 0.854. The topological polar surface area (TPSA) is 70.7 Å². The van der Waals surface area contributed by atoms with Crippen LogP contribution in [0.1, 0.15) is 13.3 Å². The molecule has 6 nitrogen and oxygen atoms in total. The predicted octanol–water partition coefficient (Wildman–Crippen LogP) is 1.27. The van der Waals surface area contributed by atoms with E-state index in [1.165, 1.54) is 0 Å². The fourth-order valence-electron chi connectivity index (χ4n) is 2.36. The van der Waals surface area contributed by atoms with E-state index in [1.807, 2.05) is 6.92 Å². The normalized spacial score (nSPS) is 17.6. The SMILES string of the molecule is CCN1CCNC(CC(=O)Nc2cccc(OC)c2)C1=O.Cl. The lowest BCUT2D eigenvalue weighted by molar-refractivity contribution is -0.137. The smallest absolute Gasteiger partial charge is 0.240 e. The molecule has 0 aromatic heterocycles. The standard InChI is InChI=1S/C15H21N3O3.ClH/c1-3-18-8-7-16-13(15(18)20)10-14(19)17-11-5-4-6-12(9-11)21-2;/h4-6,9,13,16H,3,7-8,10H2,1-2H3,(H,17,19);1H. The highest BCUT2D eigenvalue weighted by atomic mass is 35.5. The molecule has 122 valence electrons. The molecule has 1 saturated heterocycles. The highest BCUT2D eigenvalue weighted by Gasteiger charge is 2.29. The molecule has 1 heterocycles. The molecule has 2 N–H and O–H groups in total. The minimum atomic E-state index is -0.440. The van der Waals surface area contributed by atoms with Crippen LogP contribution in [0.3, 0.4) is 0 Å². The van der Waals surface area contributed by atoms with E-state index < -0.39 is 6.04 Å². The summed E-state index contributed by atoms with van der Waals surface area (Å²) >= 11 is 0. The lowest BCUT2D eigenvalue weighted by Gasteiger charge is -2.32. The highest BCUT2D eigenvalue weighted by Crippen LogP contribution is 2.17. The monoisotopic (exact) mass is 327 g/mol. The first-order valence-electron chi connectivity index (χ1n) is 7.10. The van der Waals surface area contributed by atoms with Gasteiger partial charge in [-0.1, -0.05) is 6.07 Å². The number of hydrogen-bond donors (Lipinski definition) is 2. The van der Waals surface area contributed by atoms with Crippen LogP contribution in [0.15, 0.2) is 24.3 Å². The Hall–Kier alpha value is -1.79. The average Bonchev–Trinajstić information content (AvgIpc) is 2.49. The van der Waals surface area contributed by atoms with Crippen LogP contribution in [0.2, 0.25) is 0 Å². The molecule has 1 aromatic rings. The van der Waals surface area contributed by atoms with Gasteiger partial charge in [-0.15, -0.1) is 12.4 Å². The van der Waals surface area contributed by atoms with Gasteiger partial charge in [0.1, 0.15) is 5.75 Å². The number of likely N-dealkylation sites (N-methyl/N-ethyl adjacent to an activating group) is 1. The maximum absolute atomic E-state index is 12.1. The summed E-state index contributed by atoms with van der Waals surface area (Å²) in [6, 6.07) is 6.70. The van der Waals surface area contributed by atoms with Crippen molar-refractivity contribution in [3.63, 3.8) is 0 Å². The van der Waals surface area contributed by atoms with Crippen molar-refractivity contribution in [3.8, 4) is 5.75 Å². The third-order valence-corrected chi connectivity index (χ3v) is 3.51. The summed E-state index contributed by atoms with van der Waals surface area (Å²) in [5.74, 6) is 0.480. The van der Waals surface area contributed by atoms with E-state index in [9.17, 15) is 9.59 Å². The van der Waals surface area contributed by atoms with Gasteiger partial charge in [0.05, 0.1) is 19.6 Å². The lowest BCUT2D eigenvalue weighted by Crippen LogP contribution is -2.55. The molecule has 0 spiro atoms. The Bertz CT molecular complexity index is 525. The molecule has 2 amide bonds. The second-order valence-electron chi connectivity index (χ2n) is 4.91. The molecule has 1 aliphatic rings. The Kier molecular flexibility index (Phi) is 7.14. The van der Waals surface area contributed by atoms with Gasteiger partial charge in [-0.3, -0.25) is 9.59 Å². The van der Waals surface area contributed by atoms with Gasteiger partial charge in [0.2, 0.25) is 11.8 Å². The molecule has 1 fully saturated rings. The fourth-order valence-corrected chi connectivity index (χ4v) is 2.36. The molecule has 0 bridgehead atoms. The number of rotatable bonds is 5. The Labute approximate surface area is 136 Å². The Balaban J connectivity index is 0.00000242. The van der Waals surface area contributed by atoms with Crippen molar-refractivity contribution in [2.24, 2.45) is 0 Å². The van der Waals surface area contributed by atoms with Crippen molar-refractivity contribution in [1.29, 1.82) is 0 Å². The van der Waals surface area contributed by atoms with Crippen LogP contribution in [0.25, 0.3) is 0 Å². The highest BCUT2D eigenvalue weighted by molar-refractivity contribution is 5.95. The molecule has 1 aliphatic heterocycles. The minimum Gasteiger partial charge on any atom is -0.497 e. The lowest BCUT2D eigenvalue weighted by atomic mass is 10.1. The van der Waals surface area contributed by atoms with Crippen LogP contribution in [0, 0.1) is 0 Å². The number of ether oxygens (including phenoxy) is 1. The van der Waals surface area contributed by atoms with Crippen LogP contribution < -0.4 is 15.4 Å². The van der Waals surface area contributed by atoms with E-state index in [-0.39, 0.29) is 30.6 Å². The zero-order valence-electron chi connectivity index (χ0n) is 12.8. The molecule has 7 heteroatoms. The third kappa shape index (κ3) is 4.61. The minimum absolute atomic E-state index is 0. The number of amides is 2. The second kappa shape index (κ2) is 8.60. The summed E-state index contributed by atoms with van der Waals surface area (Å²) in [4.78, 5) is 25.9.